The Bertz CT molecular complexity index is 557. The molecule has 6 heteroatoms. The fraction of sp³-hybridized carbons (Fsp3) is 0.167. The van der Waals surface area contributed by atoms with Crippen LogP contribution in [0.2, 0.25) is 10.0 Å². The van der Waals surface area contributed by atoms with Gasteiger partial charge in [-0.15, -0.1) is 0 Å². The molecule has 1 aromatic heterocycles. The van der Waals surface area contributed by atoms with Crippen molar-refractivity contribution in [2.75, 3.05) is 0 Å². The fourth-order valence-electron chi connectivity index (χ4n) is 1.50. The van der Waals surface area contributed by atoms with Crippen LogP contribution < -0.4 is 0 Å². The lowest BCUT2D eigenvalue weighted by Gasteiger charge is -2.00. The lowest BCUT2D eigenvalue weighted by molar-refractivity contribution is -0.136. The number of nitrogens with one attached hydrogen (secondary N) is 1. The average Bonchev–Trinajstić information content (AvgIpc) is 2.86. The van der Waals surface area contributed by atoms with Crippen LogP contribution in [0.1, 0.15) is 17.1 Å². The van der Waals surface area contributed by atoms with Crippen LogP contribution in [0, 0.1) is 0 Å². The number of fused-ring (bicyclic) bond motifs is 1. The first-order chi connectivity index (χ1) is 8.54. The number of hydrogen-bond donors (Lipinski definition) is 2. The zero-order chi connectivity index (χ0) is 13.1. The SMILES string of the molecule is O=C(O)Cc1cc(Cl)ccc1Cl.c1nc2[nH]c1C2. The summed E-state index contributed by atoms with van der Waals surface area (Å²) in [7, 11) is 0. The van der Waals surface area contributed by atoms with E-state index in [4.69, 9.17) is 28.3 Å². The monoisotopic (exact) mass is 284 g/mol. The van der Waals surface area contributed by atoms with Gasteiger partial charge in [-0.1, -0.05) is 23.2 Å². The molecule has 2 aliphatic heterocycles. The maximum absolute atomic E-state index is 10.3. The predicted octanol–water partition coefficient (Wildman–Crippen LogP) is 2.93. The van der Waals surface area contributed by atoms with Crippen molar-refractivity contribution in [1.29, 1.82) is 0 Å². The summed E-state index contributed by atoms with van der Waals surface area (Å²) in [6.07, 6.45) is 2.86. The smallest absolute Gasteiger partial charge is 0.307 e. The van der Waals surface area contributed by atoms with Crippen molar-refractivity contribution >= 4 is 29.2 Å². The second kappa shape index (κ2) is 5.42. The minimum atomic E-state index is -0.917. The molecule has 1 aromatic carbocycles. The molecule has 2 aromatic rings. The predicted molar refractivity (Wildman–Crippen MR) is 69.2 cm³/mol. The molecule has 18 heavy (non-hydrogen) atoms. The quantitative estimate of drug-likeness (QED) is 0.760. The Hall–Kier alpha value is -1.52. The van der Waals surface area contributed by atoms with Crippen LogP contribution >= 0.6 is 23.2 Å². The van der Waals surface area contributed by atoms with Gasteiger partial charge >= 0.3 is 5.97 Å². The summed E-state index contributed by atoms with van der Waals surface area (Å²) in [5.41, 5.74) is 1.81. The van der Waals surface area contributed by atoms with Crippen molar-refractivity contribution in [3.63, 3.8) is 0 Å². The summed E-state index contributed by atoms with van der Waals surface area (Å²) < 4.78 is 0. The Kier molecular flexibility index (Phi) is 3.89. The largest absolute Gasteiger partial charge is 0.481 e. The maximum Gasteiger partial charge on any atom is 0.307 e. The summed E-state index contributed by atoms with van der Waals surface area (Å²) in [4.78, 5) is 17.3. The molecule has 4 rings (SSSR count). The van der Waals surface area contributed by atoms with E-state index in [0.29, 0.717) is 15.6 Å². The van der Waals surface area contributed by atoms with Crippen molar-refractivity contribution in [3.05, 3.63) is 51.5 Å². The first-order valence-corrected chi connectivity index (χ1v) is 5.98. The van der Waals surface area contributed by atoms with E-state index >= 15 is 0 Å². The lowest BCUT2D eigenvalue weighted by atomic mass is 10.1. The molecule has 94 valence electrons. The molecular weight excluding hydrogens is 275 g/mol. The van der Waals surface area contributed by atoms with Crippen LogP contribution in [0.25, 0.3) is 0 Å². The van der Waals surface area contributed by atoms with E-state index < -0.39 is 5.97 Å². The Balaban J connectivity index is 0.000000164. The number of carboxylic acid groups (broad SMARTS) is 1. The number of hydrogen-bond acceptors (Lipinski definition) is 2. The first-order valence-electron chi connectivity index (χ1n) is 5.23. The highest BCUT2D eigenvalue weighted by Gasteiger charge is 2.09. The highest BCUT2D eigenvalue weighted by atomic mass is 35.5. The molecule has 3 heterocycles. The summed E-state index contributed by atoms with van der Waals surface area (Å²) in [6.45, 7) is 0. The number of halogens is 2. The summed E-state index contributed by atoms with van der Waals surface area (Å²) in [6, 6.07) is 4.76. The van der Waals surface area contributed by atoms with Crippen LogP contribution in [0.4, 0.5) is 0 Å². The summed E-state index contributed by atoms with van der Waals surface area (Å²) in [5.74, 6) is 0.212. The van der Waals surface area contributed by atoms with Crippen molar-refractivity contribution in [2.45, 2.75) is 12.8 Å². The van der Waals surface area contributed by atoms with Gasteiger partial charge in [0.05, 0.1) is 6.42 Å². The molecule has 0 saturated carbocycles. The van der Waals surface area contributed by atoms with Gasteiger partial charge in [-0.2, -0.15) is 0 Å². The minimum Gasteiger partial charge on any atom is -0.481 e. The molecule has 0 amide bonds. The summed E-state index contributed by atoms with van der Waals surface area (Å²) in [5, 5.41) is 9.41. The van der Waals surface area contributed by atoms with Crippen LogP contribution in [-0.4, -0.2) is 21.0 Å². The van der Waals surface area contributed by atoms with Gasteiger partial charge in [-0.25, -0.2) is 4.98 Å². The zero-order valence-electron chi connectivity index (χ0n) is 9.28. The van der Waals surface area contributed by atoms with Gasteiger partial charge in [0.1, 0.15) is 5.82 Å². The minimum absolute atomic E-state index is 0.0978. The fourth-order valence-corrected chi connectivity index (χ4v) is 1.88. The third-order valence-corrected chi connectivity index (χ3v) is 2.99. The van der Waals surface area contributed by atoms with E-state index in [1.165, 1.54) is 5.69 Å². The molecule has 0 radical (unpaired) electrons. The number of rotatable bonds is 2. The molecule has 4 nitrogen and oxygen atoms in total. The number of aromatic nitrogens is 2. The number of aliphatic carboxylic acids is 1. The Morgan fingerprint density at radius 1 is 1.44 bits per heavy atom. The van der Waals surface area contributed by atoms with E-state index in [0.717, 1.165) is 12.2 Å². The van der Waals surface area contributed by atoms with E-state index in [-0.39, 0.29) is 6.42 Å². The van der Waals surface area contributed by atoms with E-state index in [1.807, 2.05) is 6.20 Å². The third-order valence-electron chi connectivity index (χ3n) is 2.39. The molecule has 0 unspecified atom stereocenters. The van der Waals surface area contributed by atoms with Gasteiger partial charge in [0.25, 0.3) is 0 Å². The molecule has 2 aliphatic rings. The Morgan fingerprint density at radius 2 is 2.17 bits per heavy atom. The van der Waals surface area contributed by atoms with E-state index in [9.17, 15) is 4.79 Å². The Labute approximate surface area is 114 Å². The normalized spacial score (nSPS) is 11.2. The van der Waals surface area contributed by atoms with Crippen LogP contribution in [-0.2, 0) is 17.6 Å². The second-order valence-electron chi connectivity index (χ2n) is 3.84. The topological polar surface area (TPSA) is 66.0 Å². The molecule has 0 fully saturated rings. The van der Waals surface area contributed by atoms with Crippen molar-refractivity contribution < 1.29 is 9.90 Å². The van der Waals surface area contributed by atoms with Gasteiger partial charge in [0.2, 0.25) is 0 Å². The number of carboxylic acids is 1. The first kappa shape index (κ1) is 12.9. The van der Waals surface area contributed by atoms with Gasteiger partial charge in [-0.3, -0.25) is 4.79 Å². The number of nitrogens with zero attached hydrogens (tertiary/aromatic N) is 1. The number of carbonyl (C=O) groups is 1. The standard InChI is InChI=1S/C8H6Cl2O2.C4H4N2/c9-6-1-2-7(10)5(3-6)4-8(11)12;1-3-2-5-4(1)6-3/h1-3H,4H2,(H,11,12);2H,1H2,(H,5,6). The maximum atomic E-state index is 10.3. The molecule has 2 bridgehead atoms. The van der Waals surface area contributed by atoms with Gasteiger partial charge < -0.3 is 10.1 Å². The van der Waals surface area contributed by atoms with Crippen LogP contribution in [0.15, 0.2) is 24.4 Å². The number of benzene rings is 1. The van der Waals surface area contributed by atoms with Crippen molar-refractivity contribution in [3.8, 4) is 0 Å². The van der Waals surface area contributed by atoms with Gasteiger partial charge in [-0.05, 0) is 23.8 Å². The van der Waals surface area contributed by atoms with E-state index in [2.05, 4.69) is 9.97 Å². The van der Waals surface area contributed by atoms with Gasteiger partial charge in [0.15, 0.2) is 0 Å². The zero-order valence-corrected chi connectivity index (χ0v) is 10.8. The van der Waals surface area contributed by atoms with Crippen LogP contribution in [0.3, 0.4) is 0 Å². The third kappa shape index (κ3) is 3.24. The molecule has 0 saturated heterocycles. The lowest BCUT2D eigenvalue weighted by Crippen LogP contribution is -2.00. The van der Waals surface area contributed by atoms with Crippen LogP contribution in [0.5, 0.6) is 0 Å². The number of H-pyrrole nitrogens is 1. The van der Waals surface area contributed by atoms with E-state index in [1.54, 1.807) is 18.2 Å². The highest BCUT2D eigenvalue weighted by Crippen LogP contribution is 2.20. The average molecular weight is 285 g/mol. The molecule has 0 atom stereocenters. The number of aromatic amines is 1. The van der Waals surface area contributed by atoms with Crippen molar-refractivity contribution in [1.82, 2.24) is 9.97 Å². The number of imidazole rings is 1. The molecule has 0 aliphatic carbocycles. The van der Waals surface area contributed by atoms with Crippen molar-refractivity contribution in [2.24, 2.45) is 0 Å². The Morgan fingerprint density at radius 3 is 2.61 bits per heavy atom. The summed E-state index contributed by atoms with van der Waals surface area (Å²) >= 11 is 11.4. The van der Waals surface area contributed by atoms with Gasteiger partial charge in [0, 0.05) is 28.4 Å². The second-order valence-corrected chi connectivity index (χ2v) is 4.68. The molecular formula is C12H10Cl2N2O2. The molecule has 0 spiro atoms. The highest BCUT2D eigenvalue weighted by molar-refractivity contribution is 6.33. The molecule has 2 N–H and O–H groups in total.